The third-order valence-corrected chi connectivity index (χ3v) is 10.1. The molecular formula is C35H31N3O7. The van der Waals surface area contributed by atoms with Gasteiger partial charge in [-0.25, -0.2) is 9.69 Å². The number of allylic oxidation sites excluding steroid dienone is 2. The summed E-state index contributed by atoms with van der Waals surface area (Å²) in [5.74, 6) is -5.89. The van der Waals surface area contributed by atoms with Gasteiger partial charge in [0, 0.05) is 17.5 Å². The van der Waals surface area contributed by atoms with E-state index in [1.165, 1.54) is 11.0 Å². The molecule has 0 radical (unpaired) electrons. The van der Waals surface area contributed by atoms with E-state index in [9.17, 15) is 29.1 Å². The molecule has 3 fully saturated rings. The molecule has 0 bridgehead atoms. The Bertz CT molecular complexity index is 1790. The number of urea groups is 1. The van der Waals surface area contributed by atoms with Crippen LogP contribution < -0.4 is 15.4 Å². The van der Waals surface area contributed by atoms with Crippen molar-refractivity contribution < 1.29 is 33.8 Å². The molecule has 228 valence electrons. The fourth-order valence-electron chi connectivity index (χ4n) is 8.00. The normalized spacial score (nSPS) is 28.8. The van der Waals surface area contributed by atoms with Gasteiger partial charge in [0.1, 0.15) is 18.1 Å². The SMILES string of the molecule is C[C@@]12C(=O)N(c3ccccc3)C(=O)[C@@H]1C[C@@H]1C(=CC[C@@H]3C(=O)N(C(N)=O)C(=O)[C@@H]31)[C@@H]2c1ccc(OCc2ccccc2)cc1O. The number of nitrogens with zero attached hydrogens (tertiary/aromatic N) is 2. The highest BCUT2D eigenvalue weighted by Crippen LogP contribution is 2.64. The smallest absolute Gasteiger partial charge is 0.328 e. The van der Waals surface area contributed by atoms with Gasteiger partial charge in [-0.3, -0.25) is 19.2 Å². The number of ether oxygens (including phenoxy) is 1. The molecule has 6 amide bonds. The zero-order chi connectivity index (χ0) is 31.6. The third-order valence-electron chi connectivity index (χ3n) is 10.1. The van der Waals surface area contributed by atoms with E-state index in [0.29, 0.717) is 27.5 Å². The Kier molecular flexibility index (Phi) is 6.61. The highest BCUT2D eigenvalue weighted by atomic mass is 16.5. The van der Waals surface area contributed by atoms with Crippen molar-refractivity contribution in [3.05, 3.63) is 102 Å². The second-order valence-corrected chi connectivity index (χ2v) is 12.3. The minimum absolute atomic E-state index is 0.124. The van der Waals surface area contributed by atoms with E-state index in [1.54, 1.807) is 49.4 Å². The van der Waals surface area contributed by atoms with Crippen molar-refractivity contribution in [2.24, 2.45) is 34.8 Å². The molecule has 3 aromatic rings. The lowest BCUT2D eigenvalue weighted by Gasteiger charge is -2.49. The number of rotatable bonds is 5. The summed E-state index contributed by atoms with van der Waals surface area (Å²) in [5, 5.41) is 11.5. The number of fused-ring (bicyclic) bond motifs is 4. The Labute approximate surface area is 259 Å². The van der Waals surface area contributed by atoms with E-state index in [0.717, 1.165) is 5.56 Å². The van der Waals surface area contributed by atoms with Gasteiger partial charge in [-0.15, -0.1) is 0 Å². The van der Waals surface area contributed by atoms with Crippen molar-refractivity contribution in [1.29, 1.82) is 0 Å². The number of carbonyl (C=O) groups is 5. The number of benzene rings is 3. The summed E-state index contributed by atoms with van der Waals surface area (Å²) < 4.78 is 5.93. The molecule has 4 aliphatic rings. The van der Waals surface area contributed by atoms with Gasteiger partial charge in [0.15, 0.2) is 0 Å². The molecule has 2 aliphatic carbocycles. The molecule has 1 saturated carbocycles. The molecule has 10 heteroatoms. The summed E-state index contributed by atoms with van der Waals surface area (Å²) in [7, 11) is 0. The molecule has 10 nitrogen and oxygen atoms in total. The number of phenolic OH excluding ortho intramolecular Hbond substituents is 1. The number of primary amides is 1. The molecule has 2 saturated heterocycles. The van der Waals surface area contributed by atoms with Crippen molar-refractivity contribution in [3.63, 3.8) is 0 Å². The predicted octanol–water partition coefficient (Wildman–Crippen LogP) is 4.28. The van der Waals surface area contributed by atoms with E-state index in [2.05, 4.69) is 0 Å². The van der Waals surface area contributed by atoms with E-state index < -0.39 is 64.7 Å². The first-order chi connectivity index (χ1) is 21.6. The lowest BCUT2D eigenvalue weighted by molar-refractivity contribution is -0.136. The number of para-hydroxylation sites is 1. The largest absolute Gasteiger partial charge is 0.508 e. The van der Waals surface area contributed by atoms with Crippen LogP contribution in [-0.2, 0) is 25.8 Å². The second kappa shape index (κ2) is 10.4. The van der Waals surface area contributed by atoms with Crippen LogP contribution in [0, 0.1) is 29.1 Å². The predicted molar refractivity (Wildman–Crippen MR) is 161 cm³/mol. The molecule has 7 rings (SSSR count). The minimum atomic E-state index is -1.32. The maximum absolute atomic E-state index is 14.4. The number of likely N-dealkylation sites (tertiary alicyclic amines) is 1. The van der Waals surface area contributed by atoms with Crippen molar-refractivity contribution in [1.82, 2.24) is 4.90 Å². The first kappa shape index (κ1) is 28.5. The number of imide groups is 4. The number of amides is 6. The summed E-state index contributed by atoms with van der Waals surface area (Å²) in [6.45, 7) is 2.02. The zero-order valence-corrected chi connectivity index (χ0v) is 24.5. The number of anilines is 1. The molecule has 0 spiro atoms. The van der Waals surface area contributed by atoms with Gasteiger partial charge in [0.25, 0.3) is 0 Å². The molecule has 6 atom stereocenters. The highest BCUT2D eigenvalue weighted by molar-refractivity contribution is 6.24. The van der Waals surface area contributed by atoms with Crippen LogP contribution in [0.4, 0.5) is 10.5 Å². The average molecular weight is 606 g/mol. The summed E-state index contributed by atoms with van der Waals surface area (Å²) in [6, 6.07) is 22.0. The fourth-order valence-corrected chi connectivity index (χ4v) is 8.00. The average Bonchev–Trinajstić information content (AvgIpc) is 3.41. The zero-order valence-electron chi connectivity index (χ0n) is 24.5. The Morgan fingerprint density at radius 2 is 1.62 bits per heavy atom. The number of hydrogen-bond acceptors (Lipinski definition) is 7. The maximum atomic E-state index is 14.4. The van der Waals surface area contributed by atoms with Gasteiger partial charge < -0.3 is 15.6 Å². The number of carbonyl (C=O) groups excluding carboxylic acids is 5. The Hall–Kier alpha value is -5.25. The molecule has 3 aromatic carbocycles. The van der Waals surface area contributed by atoms with Crippen LogP contribution in [0.15, 0.2) is 90.5 Å². The van der Waals surface area contributed by atoms with Crippen LogP contribution in [-0.4, -0.2) is 39.7 Å². The van der Waals surface area contributed by atoms with Gasteiger partial charge in [-0.1, -0.05) is 66.2 Å². The minimum Gasteiger partial charge on any atom is -0.508 e. The molecule has 45 heavy (non-hydrogen) atoms. The van der Waals surface area contributed by atoms with Crippen LogP contribution >= 0.6 is 0 Å². The molecule has 3 N–H and O–H groups in total. The number of hydrogen-bond donors (Lipinski definition) is 2. The fraction of sp³-hybridized carbons (Fsp3) is 0.286. The molecule has 0 unspecified atom stereocenters. The monoisotopic (exact) mass is 605 g/mol. The first-order valence-corrected chi connectivity index (χ1v) is 14.9. The molecule has 2 aliphatic heterocycles. The van der Waals surface area contributed by atoms with Gasteiger partial charge in [-0.2, -0.15) is 4.90 Å². The number of phenols is 1. The maximum Gasteiger partial charge on any atom is 0.328 e. The van der Waals surface area contributed by atoms with Gasteiger partial charge in [0.2, 0.25) is 23.6 Å². The number of nitrogens with two attached hydrogens (primary N) is 1. The van der Waals surface area contributed by atoms with Crippen LogP contribution in [0.25, 0.3) is 0 Å². The lowest BCUT2D eigenvalue weighted by Crippen LogP contribution is -2.49. The third kappa shape index (κ3) is 4.19. The Balaban J connectivity index is 1.33. The summed E-state index contributed by atoms with van der Waals surface area (Å²) in [6.07, 6.45) is 2.13. The molecule has 2 heterocycles. The van der Waals surface area contributed by atoms with Crippen LogP contribution in [0.5, 0.6) is 11.5 Å². The van der Waals surface area contributed by atoms with E-state index >= 15 is 0 Å². The van der Waals surface area contributed by atoms with E-state index in [4.69, 9.17) is 10.5 Å². The second-order valence-electron chi connectivity index (χ2n) is 12.3. The molecular weight excluding hydrogens is 574 g/mol. The summed E-state index contributed by atoms with van der Waals surface area (Å²) in [5.41, 5.74) is 6.57. The van der Waals surface area contributed by atoms with E-state index in [-0.39, 0.29) is 25.2 Å². The topological polar surface area (TPSA) is 147 Å². The summed E-state index contributed by atoms with van der Waals surface area (Å²) >= 11 is 0. The van der Waals surface area contributed by atoms with Crippen LogP contribution in [0.2, 0.25) is 0 Å². The van der Waals surface area contributed by atoms with Crippen molar-refractivity contribution in [2.45, 2.75) is 32.3 Å². The van der Waals surface area contributed by atoms with Gasteiger partial charge >= 0.3 is 6.03 Å². The summed E-state index contributed by atoms with van der Waals surface area (Å²) in [4.78, 5) is 69.0. The van der Waals surface area contributed by atoms with Crippen molar-refractivity contribution in [3.8, 4) is 11.5 Å². The van der Waals surface area contributed by atoms with Gasteiger partial charge in [-0.05, 0) is 49.4 Å². The lowest BCUT2D eigenvalue weighted by atomic mass is 9.51. The highest BCUT2D eigenvalue weighted by Gasteiger charge is 2.68. The standard InChI is InChI=1S/C35H31N3O7/c1-35-26(31(41)37(33(35)43)20-10-6-3-7-11-20)17-25-22(14-15-24-28(25)32(42)38(30(24)40)34(36)44)29(35)23-13-12-21(16-27(23)39)45-18-19-8-4-2-5-9-19/h2-14,16,24-26,28-29,39H,15,17-18H2,1H3,(H2,36,44)/t24-,25+,26-,28-,29+,35+/m0/s1. The van der Waals surface area contributed by atoms with Gasteiger partial charge in [0.05, 0.1) is 28.9 Å². The Morgan fingerprint density at radius 3 is 2.29 bits per heavy atom. The quantitative estimate of drug-likeness (QED) is 0.326. The van der Waals surface area contributed by atoms with Crippen molar-refractivity contribution in [2.75, 3.05) is 4.90 Å². The van der Waals surface area contributed by atoms with Crippen LogP contribution in [0.1, 0.15) is 36.8 Å². The van der Waals surface area contributed by atoms with E-state index in [1.807, 2.05) is 36.4 Å². The van der Waals surface area contributed by atoms with Crippen LogP contribution in [0.3, 0.4) is 0 Å². The Morgan fingerprint density at radius 1 is 0.933 bits per heavy atom. The number of aromatic hydroxyl groups is 1. The first-order valence-electron chi connectivity index (χ1n) is 14.9. The molecule has 0 aromatic heterocycles. The van der Waals surface area contributed by atoms with Crippen molar-refractivity contribution >= 4 is 35.3 Å².